The predicted octanol–water partition coefficient (Wildman–Crippen LogP) is 4.40. The lowest BCUT2D eigenvalue weighted by atomic mass is 10.1. The number of carboxylic acids is 1. The van der Waals surface area contributed by atoms with Gasteiger partial charge in [-0.05, 0) is 55.8 Å². The molecular weight excluding hydrogens is 429 g/mol. The Morgan fingerprint density at radius 3 is 2.28 bits per heavy atom. The van der Waals surface area contributed by atoms with Crippen molar-refractivity contribution in [2.45, 2.75) is 32.2 Å². The number of carboxylic acid groups (broad SMARTS) is 1. The SMILES string of the molecule is COc1cc(CN2CCN(c3ccc(C(F)(F)F)cc3)C2=O)ccc1OC(C)(C)C(=O)O. The third kappa shape index (κ3) is 4.90. The van der Waals surface area contributed by atoms with Gasteiger partial charge in [0.15, 0.2) is 17.1 Å². The highest BCUT2D eigenvalue weighted by Crippen LogP contribution is 2.33. The van der Waals surface area contributed by atoms with Crippen LogP contribution >= 0.6 is 0 Å². The highest BCUT2D eigenvalue weighted by molar-refractivity contribution is 5.94. The molecule has 0 bridgehead atoms. The first-order chi connectivity index (χ1) is 14.9. The summed E-state index contributed by atoms with van der Waals surface area (Å²) in [7, 11) is 1.42. The molecule has 172 valence electrons. The molecule has 3 rings (SSSR count). The molecule has 0 unspecified atom stereocenters. The zero-order valence-electron chi connectivity index (χ0n) is 17.8. The summed E-state index contributed by atoms with van der Waals surface area (Å²) in [6.45, 7) is 3.82. The number of methoxy groups -OCH3 is 1. The van der Waals surface area contributed by atoms with Crippen LogP contribution in [0.2, 0.25) is 0 Å². The summed E-state index contributed by atoms with van der Waals surface area (Å²) in [6, 6.07) is 9.07. The van der Waals surface area contributed by atoms with Gasteiger partial charge in [0.1, 0.15) is 0 Å². The molecule has 0 saturated carbocycles. The van der Waals surface area contributed by atoms with E-state index in [2.05, 4.69) is 0 Å². The molecule has 0 radical (unpaired) electrons. The first-order valence-electron chi connectivity index (χ1n) is 9.75. The van der Waals surface area contributed by atoms with Crippen LogP contribution in [0.15, 0.2) is 42.5 Å². The second kappa shape index (κ2) is 8.60. The third-order valence-corrected chi connectivity index (χ3v) is 5.08. The number of carbonyl (C=O) groups is 2. The van der Waals surface area contributed by atoms with E-state index in [0.29, 0.717) is 24.5 Å². The molecule has 32 heavy (non-hydrogen) atoms. The molecule has 0 aliphatic carbocycles. The number of rotatable bonds is 7. The van der Waals surface area contributed by atoms with E-state index < -0.39 is 23.3 Å². The van der Waals surface area contributed by atoms with Crippen LogP contribution in [0.3, 0.4) is 0 Å². The Balaban J connectivity index is 1.71. The minimum atomic E-state index is -4.44. The van der Waals surface area contributed by atoms with E-state index in [1.165, 1.54) is 38.0 Å². The summed E-state index contributed by atoms with van der Waals surface area (Å²) >= 11 is 0. The van der Waals surface area contributed by atoms with Gasteiger partial charge < -0.3 is 19.5 Å². The van der Waals surface area contributed by atoms with Crippen molar-refractivity contribution >= 4 is 17.7 Å². The summed E-state index contributed by atoms with van der Waals surface area (Å²) in [4.78, 5) is 27.1. The molecule has 7 nitrogen and oxygen atoms in total. The quantitative estimate of drug-likeness (QED) is 0.674. The smallest absolute Gasteiger partial charge is 0.416 e. The number of alkyl halides is 3. The normalized spacial score (nSPS) is 14.6. The zero-order chi connectivity index (χ0) is 23.7. The first kappa shape index (κ1) is 23.2. The minimum absolute atomic E-state index is 0.245. The maximum atomic E-state index is 12.8. The first-order valence-corrected chi connectivity index (χ1v) is 9.75. The molecule has 0 spiro atoms. The molecule has 10 heteroatoms. The topological polar surface area (TPSA) is 79.3 Å². The van der Waals surface area contributed by atoms with Crippen molar-refractivity contribution in [1.29, 1.82) is 0 Å². The van der Waals surface area contributed by atoms with Crippen LogP contribution in [0, 0.1) is 0 Å². The van der Waals surface area contributed by atoms with Gasteiger partial charge in [-0.3, -0.25) is 4.90 Å². The summed E-state index contributed by atoms with van der Waals surface area (Å²) in [5.41, 5.74) is -1.11. The van der Waals surface area contributed by atoms with E-state index in [1.807, 2.05) is 0 Å². The van der Waals surface area contributed by atoms with Crippen LogP contribution in [-0.4, -0.2) is 47.8 Å². The number of aliphatic carboxylic acids is 1. The predicted molar refractivity (Wildman–Crippen MR) is 110 cm³/mol. The van der Waals surface area contributed by atoms with Gasteiger partial charge in [-0.2, -0.15) is 13.2 Å². The van der Waals surface area contributed by atoms with Crippen LogP contribution in [0.1, 0.15) is 25.0 Å². The number of hydrogen-bond donors (Lipinski definition) is 1. The van der Waals surface area contributed by atoms with Crippen molar-refractivity contribution in [2.75, 3.05) is 25.1 Å². The number of anilines is 1. The van der Waals surface area contributed by atoms with Crippen molar-refractivity contribution in [3.63, 3.8) is 0 Å². The lowest BCUT2D eigenvalue weighted by Gasteiger charge is -2.23. The minimum Gasteiger partial charge on any atom is -0.493 e. The van der Waals surface area contributed by atoms with Crippen molar-refractivity contribution < 1.29 is 37.3 Å². The van der Waals surface area contributed by atoms with E-state index in [0.717, 1.165) is 17.7 Å². The Labute approximate surface area is 182 Å². The average molecular weight is 452 g/mol. The van der Waals surface area contributed by atoms with Gasteiger partial charge in [0, 0.05) is 25.3 Å². The summed E-state index contributed by atoms with van der Waals surface area (Å²) in [5.74, 6) is -0.555. The van der Waals surface area contributed by atoms with Crippen LogP contribution in [0.25, 0.3) is 0 Å². The number of carbonyl (C=O) groups excluding carboxylic acids is 1. The Morgan fingerprint density at radius 2 is 1.72 bits per heavy atom. The maximum Gasteiger partial charge on any atom is 0.416 e. The molecule has 2 amide bonds. The number of nitrogens with zero attached hydrogens (tertiary/aromatic N) is 2. The van der Waals surface area contributed by atoms with E-state index in [-0.39, 0.29) is 18.3 Å². The van der Waals surface area contributed by atoms with Crippen LogP contribution in [0.5, 0.6) is 11.5 Å². The molecule has 1 aliphatic heterocycles. The number of halogens is 3. The molecule has 1 N–H and O–H groups in total. The number of urea groups is 1. The largest absolute Gasteiger partial charge is 0.493 e. The molecule has 1 heterocycles. The molecule has 1 fully saturated rings. The van der Waals surface area contributed by atoms with Crippen molar-refractivity contribution in [3.8, 4) is 11.5 Å². The Kier molecular flexibility index (Phi) is 6.25. The van der Waals surface area contributed by atoms with Gasteiger partial charge in [-0.15, -0.1) is 0 Å². The van der Waals surface area contributed by atoms with Gasteiger partial charge in [0.05, 0.1) is 12.7 Å². The monoisotopic (exact) mass is 452 g/mol. The van der Waals surface area contributed by atoms with Gasteiger partial charge in [0.25, 0.3) is 0 Å². The highest BCUT2D eigenvalue weighted by Gasteiger charge is 2.33. The van der Waals surface area contributed by atoms with E-state index in [1.54, 1.807) is 23.1 Å². The standard InChI is InChI=1S/C22H23F3N2O5/c1-21(2,19(28)29)32-17-9-4-14(12-18(17)31-3)13-26-10-11-27(20(26)30)16-7-5-15(6-8-16)22(23,24)25/h4-9,12H,10-11,13H2,1-3H3,(H,28,29). The molecule has 2 aromatic carbocycles. The summed E-state index contributed by atoms with van der Waals surface area (Å²) in [6.07, 6.45) is -4.44. The summed E-state index contributed by atoms with van der Waals surface area (Å²) < 4.78 is 49.1. The van der Waals surface area contributed by atoms with E-state index >= 15 is 0 Å². The summed E-state index contributed by atoms with van der Waals surface area (Å²) in [5, 5.41) is 9.24. The fraction of sp³-hybridized carbons (Fsp3) is 0.364. The Hall–Kier alpha value is -3.43. The van der Waals surface area contributed by atoms with E-state index in [4.69, 9.17) is 9.47 Å². The second-order valence-corrected chi connectivity index (χ2v) is 7.80. The number of amides is 2. The third-order valence-electron chi connectivity index (χ3n) is 5.08. The number of ether oxygens (including phenoxy) is 2. The Bertz CT molecular complexity index is 1010. The second-order valence-electron chi connectivity index (χ2n) is 7.80. The highest BCUT2D eigenvalue weighted by atomic mass is 19.4. The van der Waals surface area contributed by atoms with Gasteiger partial charge >= 0.3 is 18.2 Å². The average Bonchev–Trinajstić information content (AvgIpc) is 3.08. The van der Waals surface area contributed by atoms with Crippen molar-refractivity contribution in [1.82, 2.24) is 4.90 Å². The zero-order valence-corrected chi connectivity index (χ0v) is 17.8. The molecule has 2 aromatic rings. The van der Waals surface area contributed by atoms with Gasteiger partial charge in [0.2, 0.25) is 0 Å². The van der Waals surface area contributed by atoms with Crippen LogP contribution in [0.4, 0.5) is 23.7 Å². The Morgan fingerprint density at radius 1 is 1.06 bits per heavy atom. The number of hydrogen-bond acceptors (Lipinski definition) is 4. The van der Waals surface area contributed by atoms with Gasteiger partial charge in [-0.25, -0.2) is 9.59 Å². The maximum absolute atomic E-state index is 12.8. The molecular formula is C22H23F3N2O5. The lowest BCUT2D eigenvalue weighted by Crippen LogP contribution is -2.38. The molecule has 0 atom stereocenters. The molecule has 0 aromatic heterocycles. The fourth-order valence-electron chi connectivity index (χ4n) is 3.23. The molecule has 1 aliphatic rings. The van der Waals surface area contributed by atoms with Crippen LogP contribution < -0.4 is 14.4 Å². The van der Waals surface area contributed by atoms with Crippen molar-refractivity contribution in [2.24, 2.45) is 0 Å². The lowest BCUT2D eigenvalue weighted by molar-refractivity contribution is -0.152. The number of benzene rings is 2. The fourth-order valence-corrected chi connectivity index (χ4v) is 3.23. The van der Waals surface area contributed by atoms with Crippen LogP contribution in [-0.2, 0) is 17.5 Å². The van der Waals surface area contributed by atoms with Gasteiger partial charge in [-0.1, -0.05) is 6.07 Å². The van der Waals surface area contributed by atoms with Crippen molar-refractivity contribution in [3.05, 3.63) is 53.6 Å². The van der Waals surface area contributed by atoms with E-state index in [9.17, 15) is 27.9 Å². The molecule has 1 saturated heterocycles.